The van der Waals surface area contributed by atoms with E-state index in [1.54, 1.807) is 19.1 Å². The molecule has 142 valence electrons. The van der Waals surface area contributed by atoms with Crippen LogP contribution in [0.15, 0.2) is 29.6 Å². The average molecular weight is 406 g/mol. The Labute approximate surface area is 164 Å². The molecule has 0 aliphatic carbocycles. The molecule has 27 heavy (non-hydrogen) atoms. The highest BCUT2D eigenvalue weighted by Gasteiger charge is 2.30. The van der Waals surface area contributed by atoms with Gasteiger partial charge in [-0.15, -0.1) is 11.3 Å². The second kappa shape index (κ2) is 8.49. The molecule has 2 heterocycles. The van der Waals surface area contributed by atoms with Gasteiger partial charge in [0.15, 0.2) is 10.2 Å². The van der Waals surface area contributed by atoms with Gasteiger partial charge < -0.3 is 10.2 Å². The van der Waals surface area contributed by atoms with Crippen molar-refractivity contribution >= 4 is 44.9 Å². The summed E-state index contributed by atoms with van der Waals surface area (Å²) in [4.78, 5) is 39.9. The number of thiazole rings is 1. The maximum Gasteiger partial charge on any atom is 0.269 e. The summed E-state index contributed by atoms with van der Waals surface area (Å²) in [6.45, 7) is 3.53. The van der Waals surface area contributed by atoms with Gasteiger partial charge in [-0.2, -0.15) is 0 Å². The zero-order valence-corrected chi connectivity index (χ0v) is 16.2. The van der Waals surface area contributed by atoms with Crippen molar-refractivity contribution in [2.45, 2.75) is 25.1 Å². The number of amides is 1. The second-order valence-electron chi connectivity index (χ2n) is 6.13. The van der Waals surface area contributed by atoms with Crippen LogP contribution in [0.2, 0.25) is 0 Å². The Bertz CT molecular complexity index is 847. The lowest BCUT2D eigenvalue weighted by molar-refractivity contribution is -0.384. The van der Waals surface area contributed by atoms with Crippen LogP contribution >= 0.6 is 23.1 Å². The molecule has 8 nitrogen and oxygen atoms in total. The summed E-state index contributed by atoms with van der Waals surface area (Å²) < 4.78 is 0. The van der Waals surface area contributed by atoms with Crippen molar-refractivity contribution in [2.75, 3.05) is 18.0 Å². The maximum absolute atomic E-state index is 12.0. The molecule has 2 aromatic rings. The number of nitrogens with one attached hydrogen (secondary N) is 1. The highest BCUT2D eigenvalue weighted by molar-refractivity contribution is 8.14. The van der Waals surface area contributed by atoms with Crippen LogP contribution in [-0.2, 0) is 22.6 Å². The molecule has 0 radical (unpaired) electrons. The molecule has 1 aliphatic rings. The van der Waals surface area contributed by atoms with E-state index in [1.807, 2.05) is 5.38 Å². The Morgan fingerprint density at radius 2 is 2.07 bits per heavy atom. The van der Waals surface area contributed by atoms with E-state index in [0.29, 0.717) is 17.4 Å². The number of non-ortho nitro benzene ring substituents is 1. The summed E-state index contributed by atoms with van der Waals surface area (Å²) in [7, 11) is 0. The van der Waals surface area contributed by atoms with Gasteiger partial charge in [-0.1, -0.05) is 23.9 Å². The molecule has 1 aromatic heterocycles. The van der Waals surface area contributed by atoms with Crippen LogP contribution < -0.4 is 10.2 Å². The number of nitrogens with zero attached hydrogens (tertiary/aromatic N) is 3. The molecule has 10 heteroatoms. The summed E-state index contributed by atoms with van der Waals surface area (Å²) in [5.41, 5.74) is 1.51. The number of carbonyl (C=O) groups excluding carboxylic acids is 2. The van der Waals surface area contributed by atoms with Gasteiger partial charge in [0, 0.05) is 42.8 Å². The number of carbonyl (C=O) groups is 2. The fourth-order valence-electron chi connectivity index (χ4n) is 2.60. The molecule has 1 aliphatic heterocycles. The highest BCUT2D eigenvalue weighted by Crippen LogP contribution is 2.30. The number of thioether (sulfide) groups is 1. The zero-order valence-electron chi connectivity index (χ0n) is 14.6. The fourth-order valence-corrected chi connectivity index (χ4v) is 4.42. The standard InChI is InChI=1S/C17H18N4O4S2/c1-11(22)27-15-8-20(9-15)17-19-13(10-26-17)7-18-16(23)6-12-2-4-14(5-3-12)21(24)25/h2-5,10,15H,6-9H2,1H3,(H,18,23). The van der Waals surface area contributed by atoms with Gasteiger partial charge in [0.2, 0.25) is 5.91 Å². The second-order valence-corrected chi connectivity index (χ2v) is 8.45. The van der Waals surface area contributed by atoms with Gasteiger partial charge in [-0.05, 0) is 5.56 Å². The monoisotopic (exact) mass is 406 g/mol. The Kier molecular flexibility index (Phi) is 6.07. The molecule has 0 bridgehead atoms. The van der Waals surface area contributed by atoms with E-state index in [-0.39, 0.29) is 23.1 Å². The minimum absolute atomic E-state index is 0.00379. The predicted octanol–water partition coefficient (Wildman–Crippen LogP) is 2.38. The number of hydrogen-bond acceptors (Lipinski definition) is 8. The Hall–Kier alpha value is -2.46. The third-order valence-electron chi connectivity index (χ3n) is 3.97. The molecule has 1 saturated heterocycles. The number of nitro benzene ring substituents is 1. The quantitative estimate of drug-likeness (QED) is 0.556. The maximum atomic E-state index is 12.0. The molecule has 1 N–H and O–H groups in total. The van der Waals surface area contributed by atoms with Crippen molar-refractivity contribution < 1.29 is 14.5 Å². The van der Waals surface area contributed by atoms with Crippen molar-refractivity contribution in [2.24, 2.45) is 0 Å². The summed E-state index contributed by atoms with van der Waals surface area (Å²) >= 11 is 2.89. The third-order valence-corrected chi connectivity index (χ3v) is 5.88. The highest BCUT2D eigenvalue weighted by atomic mass is 32.2. The molecule has 1 amide bonds. The van der Waals surface area contributed by atoms with Crippen LogP contribution in [0.1, 0.15) is 18.2 Å². The summed E-state index contributed by atoms with van der Waals surface area (Å²) in [6.07, 6.45) is 0.158. The van der Waals surface area contributed by atoms with Crippen molar-refractivity contribution in [3.63, 3.8) is 0 Å². The largest absolute Gasteiger partial charge is 0.350 e. The lowest BCUT2D eigenvalue weighted by Gasteiger charge is -2.37. The first-order valence-corrected chi connectivity index (χ1v) is 10.0. The van der Waals surface area contributed by atoms with E-state index in [1.165, 1.54) is 35.2 Å². The van der Waals surface area contributed by atoms with Gasteiger partial charge >= 0.3 is 0 Å². The number of anilines is 1. The lowest BCUT2D eigenvalue weighted by atomic mass is 10.1. The predicted molar refractivity (Wildman–Crippen MR) is 105 cm³/mol. The fraction of sp³-hybridized carbons (Fsp3) is 0.353. The molecule has 3 rings (SSSR count). The van der Waals surface area contributed by atoms with Crippen molar-refractivity contribution in [3.8, 4) is 0 Å². The van der Waals surface area contributed by atoms with E-state index < -0.39 is 4.92 Å². The van der Waals surface area contributed by atoms with Crippen LogP contribution in [0.3, 0.4) is 0 Å². The third kappa shape index (κ3) is 5.27. The van der Waals surface area contributed by atoms with Crippen LogP contribution in [0.5, 0.6) is 0 Å². The number of aromatic nitrogens is 1. The van der Waals surface area contributed by atoms with E-state index in [2.05, 4.69) is 15.2 Å². The number of hydrogen-bond donors (Lipinski definition) is 1. The minimum atomic E-state index is -0.469. The molecule has 1 fully saturated rings. The first kappa shape index (κ1) is 19.3. The average Bonchev–Trinajstić information content (AvgIpc) is 3.04. The summed E-state index contributed by atoms with van der Waals surface area (Å²) in [5.74, 6) is -0.166. The van der Waals surface area contributed by atoms with Gasteiger partial charge in [0.1, 0.15) is 0 Å². The van der Waals surface area contributed by atoms with E-state index in [9.17, 15) is 19.7 Å². The van der Waals surface area contributed by atoms with Crippen LogP contribution in [0, 0.1) is 10.1 Å². The molecule has 1 aromatic carbocycles. The van der Waals surface area contributed by atoms with Crippen molar-refractivity contribution in [3.05, 3.63) is 51.0 Å². The van der Waals surface area contributed by atoms with Crippen LogP contribution in [0.4, 0.5) is 10.8 Å². The molecule has 0 atom stereocenters. The number of rotatable bonds is 7. The topological polar surface area (TPSA) is 105 Å². The van der Waals surface area contributed by atoms with Crippen LogP contribution in [-0.4, -0.2) is 39.3 Å². The lowest BCUT2D eigenvalue weighted by Crippen LogP contribution is -2.49. The summed E-state index contributed by atoms with van der Waals surface area (Å²) in [6, 6.07) is 5.94. The Morgan fingerprint density at radius 1 is 1.37 bits per heavy atom. The molecular formula is C17H18N4O4S2. The zero-order chi connectivity index (χ0) is 19.4. The minimum Gasteiger partial charge on any atom is -0.350 e. The van der Waals surface area contributed by atoms with Gasteiger partial charge in [0.25, 0.3) is 5.69 Å². The number of nitro groups is 1. The summed E-state index contributed by atoms with van der Waals surface area (Å²) in [5, 5.41) is 16.7. The molecule has 0 spiro atoms. The first-order valence-electron chi connectivity index (χ1n) is 8.27. The van der Waals surface area contributed by atoms with E-state index >= 15 is 0 Å². The molecular weight excluding hydrogens is 388 g/mol. The normalized spacial score (nSPS) is 13.9. The molecule has 0 saturated carbocycles. The SMILES string of the molecule is CC(=O)SC1CN(c2nc(CNC(=O)Cc3ccc([N+](=O)[O-])cc3)cs2)C1. The van der Waals surface area contributed by atoms with Gasteiger partial charge in [0.05, 0.1) is 23.6 Å². The van der Waals surface area contributed by atoms with Crippen LogP contribution in [0.25, 0.3) is 0 Å². The van der Waals surface area contributed by atoms with Crippen molar-refractivity contribution in [1.82, 2.24) is 10.3 Å². The molecule has 0 unspecified atom stereocenters. The van der Waals surface area contributed by atoms with Gasteiger partial charge in [-0.25, -0.2) is 4.98 Å². The number of benzene rings is 1. The Balaban J connectivity index is 1.44. The first-order chi connectivity index (χ1) is 12.9. The van der Waals surface area contributed by atoms with E-state index in [4.69, 9.17) is 0 Å². The van der Waals surface area contributed by atoms with Gasteiger partial charge in [-0.3, -0.25) is 19.7 Å². The van der Waals surface area contributed by atoms with E-state index in [0.717, 1.165) is 23.9 Å². The smallest absolute Gasteiger partial charge is 0.269 e. The van der Waals surface area contributed by atoms with Crippen molar-refractivity contribution in [1.29, 1.82) is 0 Å². The Morgan fingerprint density at radius 3 is 2.70 bits per heavy atom.